The molecule has 8 heteroatoms. The average Bonchev–Trinajstić information content (AvgIpc) is 3.35. The molecule has 2 aliphatic rings. The summed E-state index contributed by atoms with van der Waals surface area (Å²) in [5, 5.41) is 7.01. The Bertz CT molecular complexity index is 740. The van der Waals surface area contributed by atoms with Crippen molar-refractivity contribution < 1.29 is 13.9 Å². The molecule has 2 aromatic rings. The van der Waals surface area contributed by atoms with Gasteiger partial charge in [-0.05, 0) is 13.3 Å². The fourth-order valence-corrected chi connectivity index (χ4v) is 3.54. The zero-order valence-electron chi connectivity index (χ0n) is 14.4. The van der Waals surface area contributed by atoms with Gasteiger partial charge in [0.05, 0.1) is 18.8 Å². The highest BCUT2D eigenvalue weighted by Crippen LogP contribution is 2.19. The van der Waals surface area contributed by atoms with E-state index in [4.69, 9.17) is 9.15 Å². The van der Waals surface area contributed by atoms with Gasteiger partial charge < -0.3 is 14.1 Å². The van der Waals surface area contributed by atoms with Gasteiger partial charge in [0.15, 0.2) is 5.69 Å². The maximum Gasteiger partial charge on any atom is 0.276 e. The second-order valence-corrected chi connectivity index (χ2v) is 6.58. The topological polar surface area (TPSA) is 87.5 Å². The van der Waals surface area contributed by atoms with Crippen LogP contribution in [0.5, 0.6) is 0 Å². The number of oxazole rings is 1. The van der Waals surface area contributed by atoms with Crippen LogP contribution in [0.4, 0.5) is 0 Å². The first kappa shape index (κ1) is 16.3. The van der Waals surface area contributed by atoms with E-state index in [0.29, 0.717) is 37.3 Å². The minimum absolute atomic E-state index is 0.0875. The molecule has 0 aromatic carbocycles. The Labute approximate surface area is 146 Å². The minimum Gasteiger partial charge on any atom is -0.447 e. The van der Waals surface area contributed by atoms with Gasteiger partial charge in [-0.3, -0.25) is 14.8 Å². The van der Waals surface area contributed by atoms with Gasteiger partial charge in [-0.15, -0.1) is 0 Å². The normalized spacial score (nSPS) is 20.8. The Kier molecular flexibility index (Phi) is 4.54. The van der Waals surface area contributed by atoms with Crippen molar-refractivity contribution in [2.45, 2.75) is 39.0 Å². The number of carbonyl (C=O) groups is 1. The summed E-state index contributed by atoms with van der Waals surface area (Å²) in [4.78, 5) is 21.1. The zero-order valence-corrected chi connectivity index (χ0v) is 14.4. The van der Waals surface area contributed by atoms with Crippen molar-refractivity contribution in [1.29, 1.82) is 0 Å². The Morgan fingerprint density at radius 1 is 1.48 bits per heavy atom. The van der Waals surface area contributed by atoms with Gasteiger partial charge in [0.2, 0.25) is 5.89 Å². The molecule has 0 spiro atoms. The number of amides is 1. The highest BCUT2D eigenvalue weighted by molar-refractivity contribution is 5.92. The summed E-state index contributed by atoms with van der Waals surface area (Å²) in [7, 11) is 0. The summed E-state index contributed by atoms with van der Waals surface area (Å²) < 4.78 is 11.2. The molecule has 25 heavy (non-hydrogen) atoms. The molecule has 0 bridgehead atoms. The first-order valence-electron chi connectivity index (χ1n) is 8.81. The van der Waals surface area contributed by atoms with Crippen LogP contribution >= 0.6 is 0 Å². The summed E-state index contributed by atoms with van der Waals surface area (Å²) in [5.41, 5.74) is 2.56. The van der Waals surface area contributed by atoms with Gasteiger partial charge >= 0.3 is 0 Å². The van der Waals surface area contributed by atoms with E-state index in [1.165, 1.54) is 6.26 Å². The maximum atomic E-state index is 12.7. The number of likely N-dealkylation sites (tertiary alicyclic amines) is 1. The molecule has 1 atom stereocenters. The van der Waals surface area contributed by atoms with E-state index < -0.39 is 0 Å². The van der Waals surface area contributed by atoms with Crippen molar-refractivity contribution >= 4 is 5.91 Å². The van der Waals surface area contributed by atoms with Crippen LogP contribution < -0.4 is 0 Å². The van der Waals surface area contributed by atoms with Crippen LogP contribution in [0.3, 0.4) is 0 Å². The second kappa shape index (κ2) is 6.97. The molecular weight excluding hydrogens is 322 g/mol. The van der Waals surface area contributed by atoms with Crippen LogP contribution in [0.1, 0.15) is 41.0 Å². The summed E-state index contributed by atoms with van der Waals surface area (Å²) in [6.07, 6.45) is 5.36. The van der Waals surface area contributed by atoms with Gasteiger partial charge in [-0.25, -0.2) is 4.98 Å². The molecule has 8 nitrogen and oxygen atoms in total. The highest BCUT2D eigenvalue weighted by atomic mass is 16.5. The van der Waals surface area contributed by atoms with E-state index in [-0.39, 0.29) is 5.91 Å². The van der Waals surface area contributed by atoms with E-state index in [1.54, 1.807) is 11.1 Å². The first-order valence-corrected chi connectivity index (χ1v) is 8.81. The third-order valence-electron chi connectivity index (χ3n) is 4.85. The van der Waals surface area contributed by atoms with Gasteiger partial charge in [-0.1, -0.05) is 0 Å². The third-order valence-corrected chi connectivity index (χ3v) is 4.85. The molecule has 2 aliphatic heterocycles. The van der Waals surface area contributed by atoms with Crippen LogP contribution in [-0.2, 0) is 24.2 Å². The minimum atomic E-state index is -0.0875. The van der Waals surface area contributed by atoms with Crippen molar-refractivity contribution in [3.8, 4) is 0 Å². The largest absolute Gasteiger partial charge is 0.447 e. The molecular formula is C17H23N5O3. The zero-order chi connectivity index (χ0) is 17.2. The lowest BCUT2D eigenvalue weighted by Gasteiger charge is -2.25. The molecule has 1 saturated heterocycles. The quantitative estimate of drug-likeness (QED) is 0.876. The molecule has 134 valence electrons. The highest BCUT2D eigenvalue weighted by Gasteiger charge is 2.27. The lowest BCUT2D eigenvalue weighted by atomic mass is 10.1. The number of ether oxygens (including phenoxy) is 1. The average molecular weight is 345 g/mol. The summed E-state index contributed by atoms with van der Waals surface area (Å²) >= 11 is 0. The standard InChI is InChI=1S/C17H23N5O3/c1-2-24-13-3-5-21(9-13)10-16-19-15(11-25-16)17(23)22-6-4-14-12(8-22)7-18-20-14/h7,11,13H,2-6,8-10H2,1H3,(H,18,20). The van der Waals surface area contributed by atoms with E-state index in [9.17, 15) is 4.79 Å². The van der Waals surface area contributed by atoms with E-state index in [0.717, 1.165) is 43.8 Å². The lowest BCUT2D eigenvalue weighted by molar-refractivity contribution is 0.0674. The lowest BCUT2D eigenvalue weighted by Crippen LogP contribution is -2.36. The fourth-order valence-electron chi connectivity index (χ4n) is 3.54. The molecule has 1 amide bonds. The SMILES string of the molecule is CCOC1CCN(Cc2nc(C(=O)N3CCc4[nH]ncc4C3)co2)C1. The Balaban J connectivity index is 1.36. The number of aromatic nitrogens is 3. The molecule has 1 unspecified atom stereocenters. The Morgan fingerprint density at radius 3 is 3.28 bits per heavy atom. The van der Waals surface area contributed by atoms with Gasteiger partial charge in [0.25, 0.3) is 5.91 Å². The monoisotopic (exact) mass is 345 g/mol. The molecule has 1 N–H and O–H groups in total. The van der Waals surface area contributed by atoms with E-state index in [1.807, 2.05) is 6.92 Å². The van der Waals surface area contributed by atoms with Crippen molar-refractivity contribution in [1.82, 2.24) is 25.0 Å². The third kappa shape index (κ3) is 3.45. The molecule has 0 radical (unpaired) electrons. The fraction of sp³-hybridized carbons (Fsp3) is 0.588. The first-order chi connectivity index (χ1) is 12.2. The number of carbonyl (C=O) groups excluding carboxylic acids is 1. The van der Waals surface area contributed by atoms with Crippen LogP contribution in [-0.4, -0.2) is 63.2 Å². The maximum absolute atomic E-state index is 12.7. The van der Waals surface area contributed by atoms with Gasteiger partial charge in [0.1, 0.15) is 6.26 Å². The molecule has 4 rings (SSSR count). The number of aromatic amines is 1. The Hall–Kier alpha value is -2.19. The van der Waals surface area contributed by atoms with Gasteiger partial charge in [-0.2, -0.15) is 5.10 Å². The molecule has 0 aliphatic carbocycles. The van der Waals surface area contributed by atoms with Crippen molar-refractivity contribution in [2.75, 3.05) is 26.2 Å². The van der Waals surface area contributed by atoms with Crippen LogP contribution in [0.15, 0.2) is 16.9 Å². The number of nitrogens with one attached hydrogen (secondary N) is 1. The van der Waals surface area contributed by atoms with Crippen LogP contribution in [0.25, 0.3) is 0 Å². The number of rotatable bonds is 5. The summed E-state index contributed by atoms with van der Waals surface area (Å²) in [5.74, 6) is 0.497. The number of nitrogens with zero attached hydrogens (tertiary/aromatic N) is 4. The smallest absolute Gasteiger partial charge is 0.276 e. The Morgan fingerprint density at radius 2 is 2.40 bits per heavy atom. The number of H-pyrrole nitrogens is 1. The van der Waals surface area contributed by atoms with Crippen molar-refractivity contribution in [3.05, 3.63) is 35.3 Å². The van der Waals surface area contributed by atoms with Gasteiger partial charge in [0, 0.05) is 50.5 Å². The van der Waals surface area contributed by atoms with Crippen LogP contribution in [0, 0.1) is 0 Å². The predicted octanol–water partition coefficient (Wildman–Crippen LogP) is 1.21. The van der Waals surface area contributed by atoms with E-state index >= 15 is 0 Å². The molecule has 0 saturated carbocycles. The van der Waals surface area contributed by atoms with Crippen molar-refractivity contribution in [2.24, 2.45) is 0 Å². The van der Waals surface area contributed by atoms with Crippen molar-refractivity contribution in [3.63, 3.8) is 0 Å². The molecule has 1 fully saturated rings. The van der Waals surface area contributed by atoms with Crippen LogP contribution in [0.2, 0.25) is 0 Å². The molecule has 2 aromatic heterocycles. The number of hydrogen-bond acceptors (Lipinski definition) is 6. The second-order valence-electron chi connectivity index (χ2n) is 6.58. The summed E-state index contributed by atoms with van der Waals surface area (Å²) in [6, 6.07) is 0. The molecule has 4 heterocycles. The number of hydrogen-bond donors (Lipinski definition) is 1. The number of fused-ring (bicyclic) bond motifs is 1. The summed E-state index contributed by atoms with van der Waals surface area (Å²) in [6.45, 7) is 6.45. The van der Waals surface area contributed by atoms with E-state index in [2.05, 4.69) is 20.1 Å². The predicted molar refractivity (Wildman–Crippen MR) is 88.8 cm³/mol.